The van der Waals surface area contributed by atoms with Gasteiger partial charge in [0.05, 0.1) is 17.4 Å². The molecule has 0 aliphatic heterocycles. The maximum Gasteiger partial charge on any atom is 0.113 e. The van der Waals surface area contributed by atoms with Crippen molar-refractivity contribution in [2.45, 2.75) is 6.54 Å². The SMILES string of the molecule is Clc1cnc(CNc2ccc3sncc3c2)s1. The summed E-state index contributed by atoms with van der Waals surface area (Å²) in [5.74, 6) is 0. The molecule has 86 valence electrons. The number of anilines is 1. The standard InChI is InChI=1S/C11H8ClN3S2/c12-10-5-14-11(16-10)6-13-8-1-2-9-7(3-8)4-15-17-9/h1-5,13H,6H2. The highest BCUT2D eigenvalue weighted by Crippen LogP contribution is 2.23. The number of nitrogens with one attached hydrogen (secondary N) is 1. The van der Waals surface area contributed by atoms with Crippen LogP contribution in [0.3, 0.4) is 0 Å². The third-order valence-electron chi connectivity index (χ3n) is 2.32. The van der Waals surface area contributed by atoms with Gasteiger partial charge in [-0.3, -0.25) is 0 Å². The molecule has 0 unspecified atom stereocenters. The van der Waals surface area contributed by atoms with Crippen LogP contribution >= 0.6 is 34.5 Å². The van der Waals surface area contributed by atoms with E-state index in [1.807, 2.05) is 6.20 Å². The molecule has 0 saturated carbocycles. The van der Waals surface area contributed by atoms with Crippen molar-refractivity contribution in [3.05, 3.63) is 39.9 Å². The molecular formula is C11H8ClN3S2. The lowest BCUT2D eigenvalue weighted by atomic mass is 10.2. The Labute approximate surface area is 111 Å². The van der Waals surface area contributed by atoms with Crippen molar-refractivity contribution in [1.29, 1.82) is 0 Å². The second-order valence-corrected chi connectivity index (χ2v) is 6.07. The van der Waals surface area contributed by atoms with Crippen molar-refractivity contribution < 1.29 is 0 Å². The molecule has 3 rings (SSSR count). The summed E-state index contributed by atoms with van der Waals surface area (Å²) in [6.45, 7) is 0.695. The minimum atomic E-state index is 0.695. The van der Waals surface area contributed by atoms with Gasteiger partial charge in [0.25, 0.3) is 0 Å². The fraction of sp³-hybridized carbons (Fsp3) is 0.0909. The lowest BCUT2D eigenvalue weighted by Crippen LogP contribution is -1.97. The van der Waals surface area contributed by atoms with Crippen LogP contribution in [-0.4, -0.2) is 9.36 Å². The van der Waals surface area contributed by atoms with Gasteiger partial charge in [-0.05, 0) is 29.7 Å². The van der Waals surface area contributed by atoms with Crippen LogP contribution in [0.5, 0.6) is 0 Å². The molecule has 0 aliphatic carbocycles. The number of nitrogens with zero attached hydrogens (tertiary/aromatic N) is 2. The normalized spacial score (nSPS) is 10.9. The summed E-state index contributed by atoms with van der Waals surface area (Å²) in [5, 5.41) is 5.47. The Bertz CT molecular complexity index is 647. The Morgan fingerprint density at radius 3 is 3.06 bits per heavy atom. The van der Waals surface area contributed by atoms with E-state index in [1.165, 1.54) is 27.6 Å². The number of hydrogen-bond acceptors (Lipinski definition) is 5. The van der Waals surface area contributed by atoms with Crippen molar-refractivity contribution in [3.8, 4) is 0 Å². The molecule has 0 amide bonds. The van der Waals surface area contributed by atoms with Crippen LogP contribution in [0.4, 0.5) is 5.69 Å². The van der Waals surface area contributed by atoms with Crippen LogP contribution in [0, 0.1) is 0 Å². The van der Waals surface area contributed by atoms with Gasteiger partial charge in [-0.1, -0.05) is 11.6 Å². The van der Waals surface area contributed by atoms with Crippen molar-refractivity contribution in [2.24, 2.45) is 0 Å². The van der Waals surface area contributed by atoms with Gasteiger partial charge in [-0.2, -0.15) is 4.37 Å². The molecule has 6 heteroatoms. The predicted molar refractivity (Wildman–Crippen MR) is 74.1 cm³/mol. The quantitative estimate of drug-likeness (QED) is 0.788. The van der Waals surface area contributed by atoms with Gasteiger partial charge >= 0.3 is 0 Å². The fourth-order valence-corrected chi connectivity index (χ4v) is 3.05. The average molecular weight is 282 g/mol. The highest BCUT2D eigenvalue weighted by atomic mass is 35.5. The maximum absolute atomic E-state index is 5.83. The van der Waals surface area contributed by atoms with Crippen molar-refractivity contribution in [3.63, 3.8) is 0 Å². The van der Waals surface area contributed by atoms with Crippen LogP contribution in [-0.2, 0) is 6.54 Å². The summed E-state index contributed by atoms with van der Waals surface area (Å²) in [7, 11) is 0. The van der Waals surface area contributed by atoms with Crippen LogP contribution in [0.1, 0.15) is 5.01 Å². The molecule has 0 bridgehead atoms. The molecule has 0 aliphatic rings. The molecule has 3 aromatic rings. The number of benzene rings is 1. The number of thiazole rings is 1. The van der Waals surface area contributed by atoms with E-state index in [1.54, 1.807) is 6.20 Å². The number of aromatic nitrogens is 2. The molecule has 0 fully saturated rings. The molecule has 0 atom stereocenters. The summed E-state index contributed by atoms with van der Waals surface area (Å²) in [6.07, 6.45) is 3.56. The molecule has 0 spiro atoms. The lowest BCUT2D eigenvalue weighted by Gasteiger charge is -2.03. The monoisotopic (exact) mass is 281 g/mol. The topological polar surface area (TPSA) is 37.8 Å². The van der Waals surface area contributed by atoms with Crippen molar-refractivity contribution in [1.82, 2.24) is 9.36 Å². The molecule has 3 nitrogen and oxygen atoms in total. The Kier molecular flexibility index (Phi) is 2.96. The van der Waals surface area contributed by atoms with Gasteiger partial charge in [-0.25, -0.2) is 4.98 Å². The first-order valence-corrected chi connectivity index (χ1v) is 6.96. The summed E-state index contributed by atoms with van der Waals surface area (Å²) < 4.78 is 6.07. The lowest BCUT2D eigenvalue weighted by molar-refractivity contribution is 1.10. The molecule has 2 aromatic heterocycles. The Balaban J connectivity index is 1.76. The minimum absolute atomic E-state index is 0.695. The molecule has 2 heterocycles. The summed E-state index contributed by atoms with van der Waals surface area (Å²) in [4.78, 5) is 4.20. The van der Waals surface area contributed by atoms with Gasteiger partial charge in [0.15, 0.2) is 0 Å². The van der Waals surface area contributed by atoms with Crippen molar-refractivity contribution >= 4 is 50.2 Å². The number of rotatable bonds is 3. The Morgan fingerprint density at radius 1 is 1.29 bits per heavy atom. The second kappa shape index (κ2) is 4.60. The highest BCUT2D eigenvalue weighted by molar-refractivity contribution is 7.15. The van der Waals surface area contributed by atoms with E-state index in [9.17, 15) is 0 Å². The second-order valence-electron chi connectivity index (χ2n) is 3.49. The number of halogens is 1. The third kappa shape index (κ3) is 2.41. The zero-order valence-electron chi connectivity index (χ0n) is 8.68. The van der Waals surface area contributed by atoms with E-state index < -0.39 is 0 Å². The van der Waals surface area contributed by atoms with E-state index in [-0.39, 0.29) is 0 Å². The molecule has 0 saturated heterocycles. The zero-order valence-corrected chi connectivity index (χ0v) is 11.1. The first kappa shape index (κ1) is 11.0. The first-order valence-electron chi connectivity index (χ1n) is 5.00. The smallest absolute Gasteiger partial charge is 0.113 e. The number of fused-ring (bicyclic) bond motifs is 1. The maximum atomic E-state index is 5.83. The predicted octanol–water partition coefficient (Wildman–Crippen LogP) is 4.02. The van der Waals surface area contributed by atoms with E-state index >= 15 is 0 Å². The van der Waals surface area contributed by atoms with Crippen LogP contribution in [0.2, 0.25) is 4.34 Å². The zero-order chi connectivity index (χ0) is 11.7. The van der Waals surface area contributed by atoms with Crippen LogP contribution < -0.4 is 5.32 Å². The largest absolute Gasteiger partial charge is 0.379 e. The molecule has 1 N–H and O–H groups in total. The minimum Gasteiger partial charge on any atom is -0.379 e. The molecule has 0 radical (unpaired) electrons. The van der Waals surface area contributed by atoms with Gasteiger partial charge in [0, 0.05) is 17.3 Å². The number of hydrogen-bond donors (Lipinski definition) is 1. The van der Waals surface area contributed by atoms with Crippen molar-refractivity contribution in [2.75, 3.05) is 5.32 Å². The van der Waals surface area contributed by atoms with Crippen LogP contribution in [0.25, 0.3) is 10.1 Å². The Morgan fingerprint density at radius 2 is 2.24 bits per heavy atom. The first-order chi connectivity index (χ1) is 8.31. The fourth-order valence-electron chi connectivity index (χ4n) is 1.53. The van der Waals surface area contributed by atoms with Gasteiger partial charge in [0.1, 0.15) is 9.34 Å². The molecular weight excluding hydrogens is 274 g/mol. The molecule has 17 heavy (non-hydrogen) atoms. The van der Waals surface area contributed by atoms with Gasteiger partial charge in [-0.15, -0.1) is 11.3 Å². The third-order valence-corrected chi connectivity index (χ3v) is 4.22. The van der Waals surface area contributed by atoms with E-state index in [4.69, 9.17) is 11.6 Å². The molecule has 1 aromatic carbocycles. The average Bonchev–Trinajstić information content (AvgIpc) is 2.94. The Hall–Kier alpha value is -1.17. The van der Waals surface area contributed by atoms with Gasteiger partial charge < -0.3 is 5.32 Å². The van der Waals surface area contributed by atoms with E-state index in [0.717, 1.165) is 20.4 Å². The summed E-state index contributed by atoms with van der Waals surface area (Å²) in [5.41, 5.74) is 1.07. The summed E-state index contributed by atoms with van der Waals surface area (Å²) in [6, 6.07) is 6.22. The highest BCUT2D eigenvalue weighted by Gasteiger charge is 2.01. The van der Waals surface area contributed by atoms with E-state index in [2.05, 4.69) is 32.9 Å². The van der Waals surface area contributed by atoms with Gasteiger partial charge in [0.2, 0.25) is 0 Å². The summed E-state index contributed by atoms with van der Waals surface area (Å²) >= 11 is 8.83. The van der Waals surface area contributed by atoms with E-state index in [0.29, 0.717) is 6.54 Å². The van der Waals surface area contributed by atoms with Crippen LogP contribution in [0.15, 0.2) is 30.6 Å².